The topological polar surface area (TPSA) is 108 Å². The standard InChI is InChI=1S/C17H20N6O2/c1-4-22-13-7-6-11(15(18)24)9-12(13)19-17(22)20-16(25)14-8-10(3)21-23(14)5-2/h6-9H,4-5H2,1-3H3,(H2,18,24)(H,19,20,25). The number of amides is 2. The molecule has 2 aromatic heterocycles. The van der Waals surface area contributed by atoms with Crippen LogP contribution in [-0.2, 0) is 13.1 Å². The van der Waals surface area contributed by atoms with Crippen molar-refractivity contribution in [3.8, 4) is 0 Å². The highest BCUT2D eigenvalue weighted by atomic mass is 16.2. The van der Waals surface area contributed by atoms with Crippen molar-refractivity contribution in [3.63, 3.8) is 0 Å². The number of nitrogens with one attached hydrogen (secondary N) is 1. The number of benzene rings is 1. The third-order valence-electron chi connectivity index (χ3n) is 4.01. The molecule has 2 amide bonds. The van der Waals surface area contributed by atoms with Gasteiger partial charge in [0.05, 0.1) is 16.7 Å². The summed E-state index contributed by atoms with van der Waals surface area (Å²) in [6.07, 6.45) is 0. The maximum absolute atomic E-state index is 12.6. The van der Waals surface area contributed by atoms with E-state index in [1.807, 2.05) is 25.3 Å². The fraction of sp³-hybridized carbons (Fsp3) is 0.294. The summed E-state index contributed by atoms with van der Waals surface area (Å²) in [4.78, 5) is 28.4. The van der Waals surface area contributed by atoms with Gasteiger partial charge in [0.15, 0.2) is 0 Å². The predicted octanol–water partition coefficient (Wildman–Crippen LogP) is 1.93. The van der Waals surface area contributed by atoms with Gasteiger partial charge >= 0.3 is 0 Å². The smallest absolute Gasteiger partial charge is 0.276 e. The minimum Gasteiger partial charge on any atom is -0.366 e. The van der Waals surface area contributed by atoms with Crippen LogP contribution >= 0.6 is 0 Å². The number of imidazole rings is 1. The van der Waals surface area contributed by atoms with Crippen molar-refractivity contribution in [1.29, 1.82) is 0 Å². The van der Waals surface area contributed by atoms with Gasteiger partial charge in [-0.05, 0) is 45.0 Å². The molecule has 0 saturated heterocycles. The van der Waals surface area contributed by atoms with Crippen LogP contribution in [0.4, 0.5) is 5.95 Å². The van der Waals surface area contributed by atoms with Crippen molar-refractivity contribution in [2.75, 3.05) is 5.32 Å². The SMILES string of the molecule is CCn1nc(C)cc1C(=O)Nc1nc2cc(C(N)=O)ccc2n1CC. The van der Waals surface area contributed by atoms with Crippen LogP contribution in [0.2, 0.25) is 0 Å². The van der Waals surface area contributed by atoms with Gasteiger partial charge in [-0.15, -0.1) is 0 Å². The summed E-state index contributed by atoms with van der Waals surface area (Å²) in [5, 5.41) is 7.13. The summed E-state index contributed by atoms with van der Waals surface area (Å²) >= 11 is 0. The minimum atomic E-state index is -0.513. The number of nitrogens with zero attached hydrogens (tertiary/aromatic N) is 4. The van der Waals surface area contributed by atoms with E-state index in [1.165, 1.54) is 0 Å². The van der Waals surface area contributed by atoms with Gasteiger partial charge in [0, 0.05) is 18.7 Å². The van der Waals surface area contributed by atoms with Crippen molar-refractivity contribution < 1.29 is 9.59 Å². The number of hydrogen-bond donors (Lipinski definition) is 2. The quantitative estimate of drug-likeness (QED) is 0.740. The molecule has 0 saturated carbocycles. The number of nitrogens with two attached hydrogens (primary N) is 1. The molecule has 130 valence electrons. The number of primary amides is 1. The predicted molar refractivity (Wildman–Crippen MR) is 94.5 cm³/mol. The van der Waals surface area contributed by atoms with Crippen LogP contribution < -0.4 is 11.1 Å². The Balaban J connectivity index is 2.00. The van der Waals surface area contributed by atoms with Crippen LogP contribution in [0, 0.1) is 6.92 Å². The third-order valence-corrected chi connectivity index (χ3v) is 4.01. The molecule has 3 rings (SSSR count). The van der Waals surface area contributed by atoms with Crippen LogP contribution in [0.15, 0.2) is 24.3 Å². The van der Waals surface area contributed by atoms with Gasteiger partial charge in [-0.2, -0.15) is 5.10 Å². The van der Waals surface area contributed by atoms with Crippen LogP contribution in [0.25, 0.3) is 11.0 Å². The Labute approximate surface area is 144 Å². The second-order valence-corrected chi connectivity index (χ2v) is 5.69. The summed E-state index contributed by atoms with van der Waals surface area (Å²) < 4.78 is 3.52. The molecule has 8 heteroatoms. The molecule has 0 unspecified atom stereocenters. The summed E-state index contributed by atoms with van der Waals surface area (Å²) in [5.41, 5.74) is 8.39. The fourth-order valence-corrected chi connectivity index (χ4v) is 2.83. The van der Waals surface area contributed by atoms with E-state index in [2.05, 4.69) is 15.4 Å². The highest BCUT2D eigenvalue weighted by molar-refractivity contribution is 6.03. The number of anilines is 1. The van der Waals surface area contributed by atoms with E-state index < -0.39 is 5.91 Å². The summed E-state index contributed by atoms with van der Waals surface area (Å²) in [7, 11) is 0. The number of aryl methyl sites for hydroxylation is 3. The lowest BCUT2D eigenvalue weighted by atomic mass is 10.2. The van der Waals surface area contributed by atoms with Gasteiger partial charge < -0.3 is 10.3 Å². The highest BCUT2D eigenvalue weighted by Gasteiger charge is 2.18. The number of hydrogen-bond acceptors (Lipinski definition) is 4. The second-order valence-electron chi connectivity index (χ2n) is 5.69. The Morgan fingerprint density at radius 3 is 2.60 bits per heavy atom. The molecular weight excluding hydrogens is 320 g/mol. The lowest BCUT2D eigenvalue weighted by molar-refractivity contribution is 0.0996. The molecule has 0 spiro atoms. The van der Waals surface area contributed by atoms with Gasteiger partial charge in [-0.25, -0.2) is 4.98 Å². The summed E-state index contributed by atoms with van der Waals surface area (Å²) in [5.74, 6) is -0.367. The van der Waals surface area contributed by atoms with Gasteiger partial charge in [0.2, 0.25) is 11.9 Å². The number of fused-ring (bicyclic) bond motifs is 1. The molecule has 8 nitrogen and oxygen atoms in total. The second kappa shape index (κ2) is 6.39. The zero-order chi connectivity index (χ0) is 18.1. The van der Waals surface area contributed by atoms with Crippen molar-refractivity contribution >= 4 is 28.8 Å². The van der Waals surface area contributed by atoms with E-state index in [4.69, 9.17) is 5.73 Å². The van der Waals surface area contributed by atoms with Crippen molar-refractivity contribution in [2.24, 2.45) is 5.73 Å². The molecule has 3 aromatic rings. The molecule has 0 aliphatic rings. The van der Waals surface area contributed by atoms with Crippen molar-refractivity contribution in [1.82, 2.24) is 19.3 Å². The van der Waals surface area contributed by atoms with Crippen molar-refractivity contribution in [3.05, 3.63) is 41.2 Å². The minimum absolute atomic E-state index is 0.275. The molecule has 0 radical (unpaired) electrons. The Morgan fingerprint density at radius 1 is 1.20 bits per heavy atom. The Kier molecular flexibility index (Phi) is 4.26. The average molecular weight is 340 g/mol. The zero-order valence-electron chi connectivity index (χ0n) is 14.4. The van der Waals surface area contributed by atoms with Crippen LogP contribution in [0.3, 0.4) is 0 Å². The van der Waals surface area contributed by atoms with Crippen LogP contribution in [0.5, 0.6) is 0 Å². The Hall–Kier alpha value is -3.16. The number of aromatic nitrogens is 4. The van der Waals surface area contributed by atoms with Gasteiger partial charge in [-0.3, -0.25) is 19.6 Å². The van der Waals surface area contributed by atoms with E-state index in [1.54, 1.807) is 28.9 Å². The molecule has 0 bridgehead atoms. The molecular formula is C17H20N6O2. The number of carbonyl (C=O) groups is 2. The van der Waals surface area contributed by atoms with E-state index in [-0.39, 0.29) is 5.91 Å². The van der Waals surface area contributed by atoms with Crippen LogP contribution in [0.1, 0.15) is 40.4 Å². The zero-order valence-corrected chi connectivity index (χ0v) is 14.4. The van der Waals surface area contributed by atoms with E-state index in [9.17, 15) is 9.59 Å². The maximum Gasteiger partial charge on any atom is 0.276 e. The Bertz CT molecular complexity index is 969. The largest absolute Gasteiger partial charge is 0.366 e. The lowest BCUT2D eigenvalue weighted by Crippen LogP contribution is -2.19. The third kappa shape index (κ3) is 2.98. The van der Waals surface area contributed by atoms with Gasteiger partial charge in [0.25, 0.3) is 5.91 Å². The molecule has 0 aliphatic carbocycles. The lowest BCUT2D eigenvalue weighted by Gasteiger charge is -2.08. The average Bonchev–Trinajstić information content (AvgIpc) is 3.13. The first-order valence-electron chi connectivity index (χ1n) is 8.10. The summed E-state index contributed by atoms with van der Waals surface area (Å²) in [6.45, 7) is 6.95. The first-order valence-corrected chi connectivity index (χ1v) is 8.10. The molecule has 25 heavy (non-hydrogen) atoms. The monoisotopic (exact) mass is 340 g/mol. The molecule has 2 heterocycles. The molecule has 0 aliphatic heterocycles. The first kappa shape index (κ1) is 16.7. The number of carbonyl (C=O) groups excluding carboxylic acids is 2. The van der Waals surface area contributed by atoms with Gasteiger partial charge in [0.1, 0.15) is 5.69 Å². The van der Waals surface area contributed by atoms with Gasteiger partial charge in [-0.1, -0.05) is 0 Å². The number of rotatable bonds is 5. The highest BCUT2D eigenvalue weighted by Crippen LogP contribution is 2.21. The Morgan fingerprint density at radius 2 is 1.96 bits per heavy atom. The van der Waals surface area contributed by atoms with E-state index in [0.29, 0.717) is 35.8 Å². The molecule has 3 N–H and O–H groups in total. The first-order chi connectivity index (χ1) is 11.9. The maximum atomic E-state index is 12.6. The van der Waals surface area contributed by atoms with E-state index >= 15 is 0 Å². The van der Waals surface area contributed by atoms with Crippen molar-refractivity contribution in [2.45, 2.75) is 33.9 Å². The van der Waals surface area contributed by atoms with E-state index in [0.717, 1.165) is 11.2 Å². The van der Waals surface area contributed by atoms with Crippen LogP contribution in [-0.4, -0.2) is 31.1 Å². The fourth-order valence-electron chi connectivity index (χ4n) is 2.83. The normalized spacial score (nSPS) is 11.0. The molecule has 0 fully saturated rings. The molecule has 1 aromatic carbocycles. The summed E-state index contributed by atoms with van der Waals surface area (Å²) in [6, 6.07) is 6.80. The molecule has 0 atom stereocenters.